The summed E-state index contributed by atoms with van der Waals surface area (Å²) in [6, 6.07) is 0. The monoisotopic (exact) mass is 179 g/mol. The molecule has 0 radical (unpaired) electrons. The van der Waals surface area contributed by atoms with Gasteiger partial charge >= 0.3 is 0 Å². The molecule has 0 atom stereocenters. The second kappa shape index (κ2) is 7.40. The van der Waals surface area contributed by atoms with E-state index < -0.39 is 0 Å². The summed E-state index contributed by atoms with van der Waals surface area (Å²) < 4.78 is 0. The van der Waals surface area contributed by atoms with Crippen LogP contribution in [-0.4, -0.2) is 18.4 Å². The zero-order chi connectivity index (χ0) is 10.1. The quantitative estimate of drug-likeness (QED) is 0.470. The highest BCUT2D eigenvalue weighted by atomic mass is 14.9. The van der Waals surface area contributed by atoms with E-state index in [9.17, 15) is 0 Å². The Morgan fingerprint density at radius 1 is 1.46 bits per heavy atom. The minimum atomic E-state index is 0.319. The lowest BCUT2D eigenvalue weighted by atomic mass is 10.2. The normalized spacial score (nSPS) is 13.4. The molecule has 0 bridgehead atoms. The molecule has 0 saturated heterocycles. The smallest absolute Gasteiger partial charge is 0.132 e. The molecule has 0 aliphatic rings. The predicted octanol–water partition coefficient (Wildman–Crippen LogP) is 2.69. The van der Waals surface area contributed by atoms with Crippen molar-refractivity contribution < 1.29 is 0 Å². The number of hydrogen-bond donors (Lipinski definition) is 0. The van der Waals surface area contributed by atoms with E-state index in [2.05, 4.69) is 21.6 Å². The molecular weight excluding hydrogens is 162 g/mol. The van der Waals surface area contributed by atoms with Gasteiger partial charge in [0.05, 0.1) is 0 Å². The summed E-state index contributed by atoms with van der Waals surface area (Å²) in [6.07, 6.45) is 5.69. The Hall–Kier alpha value is -1.25. The van der Waals surface area contributed by atoms with Crippen LogP contribution in [0.2, 0.25) is 0 Å². The highest BCUT2D eigenvalue weighted by molar-refractivity contribution is 5.95. The van der Waals surface area contributed by atoms with Crippen LogP contribution in [0.25, 0.3) is 0 Å². The molecule has 0 saturated carbocycles. The zero-order valence-corrected chi connectivity index (χ0v) is 8.57. The lowest BCUT2D eigenvalue weighted by Gasteiger charge is -2.01. The number of hydrogen-bond acceptors (Lipinski definition) is 1. The molecule has 3 nitrogen and oxygen atoms in total. The van der Waals surface area contributed by atoms with E-state index in [0.29, 0.717) is 5.92 Å². The Labute approximate surface area is 80.0 Å². The molecule has 0 aromatic carbocycles. The lowest BCUT2D eigenvalue weighted by molar-refractivity contribution is 0.875. The van der Waals surface area contributed by atoms with Crippen LogP contribution in [0.15, 0.2) is 27.8 Å². The van der Waals surface area contributed by atoms with E-state index in [4.69, 9.17) is 0 Å². The van der Waals surface area contributed by atoms with Crippen LogP contribution in [0, 0.1) is 5.92 Å². The van der Waals surface area contributed by atoms with Crippen LogP contribution in [-0.2, 0) is 0 Å². The van der Waals surface area contributed by atoms with Crippen LogP contribution < -0.4 is 0 Å². The zero-order valence-electron chi connectivity index (χ0n) is 8.57. The molecule has 0 aliphatic carbocycles. The van der Waals surface area contributed by atoms with Crippen molar-refractivity contribution in [1.82, 2.24) is 0 Å². The van der Waals surface area contributed by atoms with Crippen LogP contribution in [0.4, 0.5) is 0 Å². The van der Waals surface area contributed by atoms with Gasteiger partial charge in [0.2, 0.25) is 0 Å². The van der Waals surface area contributed by atoms with Gasteiger partial charge in [-0.3, -0.25) is 0 Å². The van der Waals surface area contributed by atoms with Crippen LogP contribution >= 0.6 is 0 Å². The number of amidine groups is 1. The fourth-order valence-corrected chi connectivity index (χ4v) is 0.656. The number of aliphatic imine (C=N–C) groups is 3. The minimum absolute atomic E-state index is 0.319. The van der Waals surface area contributed by atoms with Gasteiger partial charge in [0.15, 0.2) is 0 Å². The Balaban J connectivity index is 4.40. The molecule has 0 fully saturated rings. The maximum absolute atomic E-state index is 4.21. The van der Waals surface area contributed by atoms with Crippen molar-refractivity contribution in [2.75, 3.05) is 0 Å². The van der Waals surface area contributed by atoms with Crippen molar-refractivity contribution in [3.63, 3.8) is 0 Å². The van der Waals surface area contributed by atoms with Gasteiger partial charge in [-0.05, 0) is 6.42 Å². The first-order valence-corrected chi connectivity index (χ1v) is 4.45. The molecule has 0 aromatic rings. The van der Waals surface area contributed by atoms with E-state index in [1.54, 1.807) is 0 Å². The van der Waals surface area contributed by atoms with Gasteiger partial charge in [0.25, 0.3) is 0 Å². The summed E-state index contributed by atoms with van der Waals surface area (Å²) in [5.41, 5.74) is 0. The van der Waals surface area contributed by atoms with E-state index in [-0.39, 0.29) is 0 Å². The second-order valence-electron chi connectivity index (χ2n) is 2.81. The first kappa shape index (κ1) is 11.8. The third kappa shape index (κ3) is 5.96. The van der Waals surface area contributed by atoms with Gasteiger partial charge < -0.3 is 0 Å². The summed E-state index contributed by atoms with van der Waals surface area (Å²) >= 11 is 0. The predicted molar refractivity (Wildman–Crippen MR) is 59.7 cm³/mol. The molecule has 0 aromatic heterocycles. The highest BCUT2D eigenvalue weighted by Gasteiger charge is 1.99. The SMILES string of the molecule is C=C\N=C/N=C(\N=C\CC)C(C)C. The lowest BCUT2D eigenvalue weighted by Crippen LogP contribution is -2.04. The molecule has 3 heteroatoms. The van der Waals surface area contributed by atoms with Crippen molar-refractivity contribution in [3.05, 3.63) is 12.8 Å². The summed E-state index contributed by atoms with van der Waals surface area (Å²) in [6.45, 7) is 9.60. The van der Waals surface area contributed by atoms with Gasteiger partial charge in [0, 0.05) is 18.3 Å². The Morgan fingerprint density at radius 3 is 2.62 bits per heavy atom. The first-order chi connectivity index (χ1) is 6.22. The average Bonchev–Trinajstić information content (AvgIpc) is 2.10. The van der Waals surface area contributed by atoms with Gasteiger partial charge in [-0.15, -0.1) is 0 Å². The fraction of sp³-hybridized carbons (Fsp3) is 0.500. The molecule has 0 heterocycles. The topological polar surface area (TPSA) is 37.1 Å². The Bertz CT molecular complexity index is 224. The first-order valence-electron chi connectivity index (χ1n) is 4.45. The minimum Gasteiger partial charge on any atom is -0.245 e. The molecular formula is C10H17N3. The van der Waals surface area contributed by atoms with E-state index in [1.165, 1.54) is 12.5 Å². The van der Waals surface area contributed by atoms with E-state index in [1.807, 2.05) is 27.0 Å². The summed E-state index contributed by atoms with van der Waals surface area (Å²) in [5.74, 6) is 1.12. The Kier molecular flexibility index (Phi) is 6.69. The van der Waals surface area contributed by atoms with E-state index >= 15 is 0 Å². The molecule has 0 unspecified atom stereocenters. The largest absolute Gasteiger partial charge is 0.245 e. The van der Waals surface area contributed by atoms with Gasteiger partial charge in [-0.25, -0.2) is 15.0 Å². The molecule has 0 spiro atoms. The highest BCUT2D eigenvalue weighted by Crippen LogP contribution is 1.97. The third-order valence-corrected chi connectivity index (χ3v) is 1.28. The van der Waals surface area contributed by atoms with Gasteiger partial charge in [-0.2, -0.15) is 0 Å². The third-order valence-electron chi connectivity index (χ3n) is 1.28. The molecule has 72 valence electrons. The van der Waals surface area contributed by atoms with Crippen LogP contribution in [0.1, 0.15) is 27.2 Å². The van der Waals surface area contributed by atoms with Crippen molar-refractivity contribution >= 4 is 18.4 Å². The fourth-order valence-electron chi connectivity index (χ4n) is 0.656. The maximum atomic E-state index is 4.21. The summed E-state index contributed by atoms with van der Waals surface area (Å²) in [5, 5.41) is 0. The van der Waals surface area contributed by atoms with Gasteiger partial charge in [0.1, 0.15) is 12.2 Å². The van der Waals surface area contributed by atoms with Crippen LogP contribution in [0.5, 0.6) is 0 Å². The van der Waals surface area contributed by atoms with Gasteiger partial charge in [-0.1, -0.05) is 27.4 Å². The molecule has 13 heavy (non-hydrogen) atoms. The van der Waals surface area contributed by atoms with Crippen molar-refractivity contribution in [2.45, 2.75) is 27.2 Å². The molecule has 0 rings (SSSR count). The summed E-state index contributed by atoms with van der Waals surface area (Å²) in [7, 11) is 0. The molecule has 0 aliphatic heterocycles. The van der Waals surface area contributed by atoms with Crippen molar-refractivity contribution in [3.8, 4) is 0 Å². The second-order valence-corrected chi connectivity index (χ2v) is 2.81. The standard InChI is InChI=1S/C10H17N3/c1-5-7-12-10(9(3)4)13-8-11-6-2/h6-9H,2,5H2,1,3-4H3/b11-8-,12-7+,13-10-. The van der Waals surface area contributed by atoms with Crippen molar-refractivity contribution in [1.29, 1.82) is 0 Å². The Morgan fingerprint density at radius 2 is 2.15 bits per heavy atom. The maximum Gasteiger partial charge on any atom is 0.132 e. The number of nitrogens with zero attached hydrogens (tertiary/aromatic N) is 3. The van der Waals surface area contributed by atoms with E-state index in [0.717, 1.165) is 12.3 Å². The summed E-state index contributed by atoms with van der Waals surface area (Å²) in [4.78, 5) is 12.1. The molecule has 0 N–H and O–H groups in total. The number of rotatable bonds is 4. The average molecular weight is 179 g/mol. The van der Waals surface area contributed by atoms with Crippen LogP contribution in [0.3, 0.4) is 0 Å². The molecule has 0 amide bonds. The van der Waals surface area contributed by atoms with Crippen molar-refractivity contribution in [2.24, 2.45) is 20.9 Å².